The van der Waals surface area contributed by atoms with Crippen LogP contribution >= 0.6 is 0 Å². The molecular formula is C9H14O3. The van der Waals surface area contributed by atoms with Crippen LogP contribution in [0.25, 0.3) is 0 Å². The summed E-state index contributed by atoms with van der Waals surface area (Å²) in [4.78, 5) is 10.6. The molecule has 0 atom stereocenters. The second-order valence-electron chi connectivity index (χ2n) is 3.93. The van der Waals surface area contributed by atoms with E-state index in [1.54, 1.807) is 0 Å². The van der Waals surface area contributed by atoms with Gasteiger partial charge in [0, 0.05) is 6.61 Å². The molecule has 1 saturated heterocycles. The Morgan fingerprint density at radius 3 is 2.67 bits per heavy atom. The molecule has 1 aliphatic heterocycles. The summed E-state index contributed by atoms with van der Waals surface area (Å²) in [6.45, 7) is 0.826. The molecule has 3 nitrogen and oxygen atoms in total. The van der Waals surface area contributed by atoms with E-state index in [-0.39, 0.29) is 11.5 Å². The first-order valence-electron chi connectivity index (χ1n) is 4.59. The fourth-order valence-electron chi connectivity index (χ4n) is 2.24. The van der Waals surface area contributed by atoms with Crippen LogP contribution in [0.2, 0.25) is 0 Å². The number of hydrogen-bond acceptors (Lipinski definition) is 2. The summed E-state index contributed by atoms with van der Waals surface area (Å²) in [5, 5.41) is 8.69. The van der Waals surface area contributed by atoms with Gasteiger partial charge < -0.3 is 9.84 Å². The SMILES string of the molecule is O=C(O)C1CC2(CCCCO2)C1. The van der Waals surface area contributed by atoms with Gasteiger partial charge in [-0.1, -0.05) is 0 Å². The summed E-state index contributed by atoms with van der Waals surface area (Å²) < 4.78 is 5.62. The lowest BCUT2D eigenvalue weighted by atomic mass is 9.67. The highest BCUT2D eigenvalue weighted by Crippen LogP contribution is 2.46. The van der Waals surface area contributed by atoms with Crippen molar-refractivity contribution in [3.05, 3.63) is 0 Å². The molecular weight excluding hydrogens is 156 g/mol. The number of carboxylic acid groups (broad SMARTS) is 1. The van der Waals surface area contributed by atoms with Gasteiger partial charge in [-0.2, -0.15) is 0 Å². The van der Waals surface area contributed by atoms with E-state index in [9.17, 15) is 4.79 Å². The molecule has 0 amide bonds. The van der Waals surface area contributed by atoms with Crippen LogP contribution in [0.15, 0.2) is 0 Å². The van der Waals surface area contributed by atoms with Crippen molar-refractivity contribution in [1.82, 2.24) is 0 Å². The molecule has 0 radical (unpaired) electrons. The van der Waals surface area contributed by atoms with E-state index in [0.29, 0.717) is 0 Å². The van der Waals surface area contributed by atoms with Crippen molar-refractivity contribution in [1.29, 1.82) is 0 Å². The van der Waals surface area contributed by atoms with Crippen molar-refractivity contribution >= 4 is 5.97 Å². The van der Waals surface area contributed by atoms with Crippen LogP contribution in [0.1, 0.15) is 32.1 Å². The predicted octanol–water partition coefficient (Wildman–Crippen LogP) is 1.42. The molecule has 12 heavy (non-hydrogen) atoms. The highest BCUT2D eigenvalue weighted by atomic mass is 16.5. The molecule has 1 aliphatic carbocycles. The summed E-state index contributed by atoms with van der Waals surface area (Å²) in [6, 6.07) is 0. The molecule has 3 heteroatoms. The Morgan fingerprint density at radius 2 is 2.17 bits per heavy atom. The van der Waals surface area contributed by atoms with Crippen LogP contribution < -0.4 is 0 Å². The van der Waals surface area contributed by atoms with Crippen molar-refractivity contribution in [2.45, 2.75) is 37.7 Å². The lowest BCUT2D eigenvalue weighted by Crippen LogP contribution is -2.50. The summed E-state index contributed by atoms with van der Waals surface area (Å²) in [5.74, 6) is -0.794. The van der Waals surface area contributed by atoms with Gasteiger partial charge in [-0.25, -0.2) is 0 Å². The van der Waals surface area contributed by atoms with Gasteiger partial charge >= 0.3 is 5.97 Å². The van der Waals surface area contributed by atoms with Gasteiger partial charge in [0.1, 0.15) is 0 Å². The van der Waals surface area contributed by atoms with Crippen LogP contribution in [0.4, 0.5) is 0 Å². The highest BCUT2D eigenvalue weighted by Gasteiger charge is 2.48. The van der Waals surface area contributed by atoms with Gasteiger partial charge in [-0.15, -0.1) is 0 Å². The van der Waals surface area contributed by atoms with E-state index in [2.05, 4.69) is 0 Å². The van der Waals surface area contributed by atoms with Crippen molar-refractivity contribution in [2.75, 3.05) is 6.61 Å². The third-order valence-electron chi connectivity index (χ3n) is 3.02. The average Bonchev–Trinajstić information content (AvgIpc) is 2.01. The Labute approximate surface area is 71.7 Å². The molecule has 2 fully saturated rings. The number of aliphatic carboxylic acids is 1. The Balaban J connectivity index is 1.88. The van der Waals surface area contributed by atoms with E-state index >= 15 is 0 Å². The van der Waals surface area contributed by atoms with E-state index in [4.69, 9.17) is 9.84 Å². The first-order chi connectivity index (χ1) is 5.72. The summed E-state index contributed by atoms with van der Waals surface area (Å²) in [7, 11) is 0. The molecule has 1 saturated carbocycles. The molecule has 1 heterocycles. The lowest BCUT2D eigenvalue weighted by molar-refractivity contribution is -0.178. The molecule has 68 valence electrons. The standard InChI is InChI=1S/C9H14O3/c10-8(11)7-5-9(6-7)3-1-2-4-12-9/h7H,1-6H2,(H,10,11). The first-order valence-corrected chi connectivity index (χ1v) is 4.59. The van der Waals surface area contributed by atoms with Crippen LogP contribution in [-0.4, -0.2) is 23.3 Å². The molecule has 0 unspecified atom stereocenters. The third kappa shape index (κ3) is 1.22. The zero-order valence-electron chi connectivity index (χ0n) is 7.08. The van der Waals surface area contributed by atoms with E-state index in [0.717, 1.165) is 32.3 Å². The maximum atomic E-state index is 10.6. The molecule has 0 aromatic carbocycles. The maximum absolute atomic E-state index is 10.6. The zero-order valence-corrected chi connectivity index (χ0v) is 7.08. The molecule has 2 rings (SSSR count). The van der Waals surface area contributed by atoms with Crippen molar-refractivity contribution in [2.24, 2.45) is 5.92 Å². The monoisotopic (exact) mass is 170 g/mol. The second kappa shape index (κ2) is 2.73. The Morgan fingerprint density at radius 1 is 1.42 bits per heavy atom. The fraction of sp³-hybridized carbons (Fsp3) is 0.889. The minimum absolute atomic E-state index is 0.0265. The van der Waals surface area contributed by atoms with Crippen LogP contribution in [0.3, 0.4) is 0 Å². The second-order valence-corrected chi connectivity index (χ2v) is 3.93. The quantitative estimate of drug-likeness (QED) is 0.647. The Kier molecular flexibility index (Phi) is 1.83. The van der Waals surface area contributed by atoms with E-state index < -0.39 is 5.97 Å². The van der Waals surface area contributed by atoms with Gasteiger partial charge in [-0.3, -0.25) is 4.79 Å². The normalized spacial score (nSPS) is 40.8. The van der Waals surface area contributed by atoms with Crippen LogP contribution in [-0.2, 0) is 9.53 Å². The molecule has 0 bridgehead atoms. The third-order valence-corrected chi connectivity index (χ3v) is 3.02. The Bertz CT molecular complexity index is 186. The molecule has 0 aromatic rings. The molecule has 0 aromatic heterocycles. The number of rotatable bonds is 1. The smallest absolute Gasteiger partial charge is 0.306 e. The van der Waals surface area contributed by atoms with Crippen LogP contribution in [0, 0.1) is 5.92 Å². The van der Waals surface area contributed by atoms with Crippen molar-refractivity contribution < 1.29 is 14.6 Å². The number of carboxylic acids is 1. The minimum atomic E-state index is -0.658. The molecule has 1 N–H and O–H groups in total. The predicted molar refractivity (Wildman–Crippen MR) is 42.9 cm³/mol. The summed E-state index contributed by atoms with van der Waals surface area (Å²) in [5.41, 5.74) is -0.0265. The number of carbonyl (C=O) groups is 1. The van der Waals surface area contributed by atoms with Gasteiger partial charge in [0.2, 0.25) is 0 Å². The highest BCUT2D eigenvalue weighted by molar-refractivity contribution is 5.71. The molecule has 2 aliphatic rings. The fourth-order valence-corrected chi connectivity index (χ4v) is 2.24. The largest absolute Gasteiger partial charge is 0.481 e. The first kappa shape index (κ1) is 8.05. The van der Waals surface area contributed by atoms with E-state index in [1.807, 2.05) is 0 Å². The van der Waals surface area contributed by atoms with Crippen molar-refractivity contribution in [3.8, 4) is 0 Å². The maximum Gasteiger partial charge on any atom is 0.306 e. The average molecular weight is 170 g/mol. The van der Waals surface area contributed by atoms with Gasteiger partial charge in [0.25, 0.3) is 0 Å². The molecule has 1 spiro atoms. The number of ether oxygens (including phenoxy) is 1. The van der Waals surface area contributed by atoms with Gasteiger partial charge in [0.05, 0.1) is 11.5 Å². The van der Waals surface area contributed by atoms with Gasteiger partial charge in [-0.05, 0) is 32.1 Å². The summed E-state index contributed by atoms with van der Waals surface area (Å²) in [6.07, 6.45) is 4.88. The lowest BCUT2D eigenvalue weighted by Gasteiger charge is -2.47. The number of hydrogen-bond donors (Lipinski definition) is 1. The zero-order chi connectivity index (χ0) is 8.60. The van der Waals surface area contributed by atoms with E-state index in [1.165, 1.54) is 6.42 Å². The van der Waals surface area contributed by atoms with Gasteiger partial charge in [0.15, 0.2) is 0 Å². The minimum Gasteiger partial charge on any atom is -0.481 e. The topological polar surface area (TPSA) is 46.5 Å². The Hall–Kier alpha value is -0.570. The van der Waals surface area contributed by atoms with Crippen molar-refractivity contribution in [3.63, 3.8) is 0 Å². The van der Waals surface area contributed by atoms with Crippen LogP contribution in [0.5, 0.6) is 0 Å². The summed E-state index contributed by atoms with van der Waals surface area (Å²) >= 11 is 0.